The molecule has 1 aliphatic rings. The van der Waals surface area contributed by atoms with Crippen LogP contribution in [0.2, 0.25) is 0 Å². The summed E-state index contributed by atoms with van der Waals surface area (Å²) in [6, 6.07) is 0. The molecular formula is C17H30O4. The minimum Gasteiger partial charge on any atom is -0.469 e. The Morgan fingerprint density at radius 2 is 1.62 bits per heavy atom. The van der Waals surface area contributed by atoms with E-state index < -0.39 is 0 Å². The molecule has 0 aromatic carbocycles. The molecule has 2 atom stereocenters. The molecule has 0 amide bonds. The second-order valence-corrected chi connectivity index (χ2v) is 6.43. The van der Waals surface area contributed by atoms with E-state index >= 15 is 0 Å². The molecule has 0 spiro atoms. The lowest BCUT2D eigenvalue weighted by atomic mass is 9.79. The zero-order valence-corrected chi connectivity index (χ0v) is 13.7. The minimum atomic E-state index is -0.308. The number of carbonyl (C=O) groups excluding carboxylic acids is 2. The van der Waals surface area contributed by atoms with Gasteiger partial charge in [-0.05, 0) is 25.2 Å². The quantitative estimate of drug-likeness (QED) is 0.506. The lowest BCUT2D eigenvalue weighted by Gasteiger charge is -2.27. The first kappa shape index (κ1) is 18.0. The molecule has 0 aliphatic heterocycles. The van der Waals surface area contributed by atoms with Crippen LogP contribution >= 0.6 is 0 Å². The normalized spacial score (nSPS) is 22.1. The predicted molar refractivity (Wildman–Crippen MR) is 81.7 cm³/mol. The van der Waals surface area contributed by atoms with Gasteiger partial charge in [-0.25, -0.2) is 0 Å². The van der Waals surface area contributed by atoms with Crippen molar-refractivity contribution in [3.8, 4) is 0 Å². The third kappa shape index (κ3) is 6.49. The van der Waals surface area contributed by atoms with Gasteiger partial charge < -0.3 is 9.47 Å². The van der Waals surface area contributed by atoms with E-state index in [0.717, 1.165) is 44.4 Å². The maximum absolute atomic E-state index is 12.1. The van der Waals surface area contributed by atoms with Crippen molar-refractivity contribution in [2.24, 2.45) is 17.8 Å². The number of hydrogen-bond donors (Lipinski definition) is 0. The summed E-state index contributed by atoms with van der Waals surface area (Å²) in [6.07, 6.45) is 7.86. The zero-order chi connectivity index (χ0) is 15.7. The topological polar surface area (TPSA) is 52.6 Å². The summed E-state index contributed by atoms with van der Waals surface area (Å²) in [5.41, 5.74) is 0. The van der Waals surface area contributed by atoms with Crippen LogP contribution in [0.15, 0.2) is 0 Å². The van der Waals surface area contributed by atoms with Crippen LogP contribution in [0.3, 0.4) is 0 Å². The maximum Gasteiger partial charge on any atom is 0.309 e. The van der Waals surface area contributed by atoms with Gasteiger partial charge in [-0.1, -0.05) is 46.0 Å². The smallest absolute Gasteiger partial charge is 0.309 e. The third-order valence-corrected chi connectivity index (χ3v) is 4.24. The van der Waals surface area contributed by atoms with Gasteiger partial charge >= 0.3 is 11.9 Å². The van der Waals surface area contributed by atoms with Crippen molar-refractivity contribution in [3.63, 3.8) is 0 Å². The molecule has 21 heavy (non-hydrogen) atoms. The van der Waals surface area contributed by atoms with Crippen molar-refractivity contribution in [1.82, 2.24) is 0 Å². The molecule has 1 saturated carbocycles. The Bertz CT molecular complexity index is 325. The largest absolute Gasteiger partial charge is 0.469 e. The van der Waals surface area contributed by atoms with Crippen LogP contribution in [0.25, 0.3) is 0 Å². The fraction of sp³-hybridized carbons (Fsp3) is 0.882. The number of rotatable bonds is 8. The van der Waals surface area contributed by atoms with Crippen LogP contribution in [-0.4, -0.2) is 25.7 Å². The Balaban J connectivity index is 2.27. The first-order valence-electron chi connectivity index (χ1n) is 8.30. The van der Waals surface area contributed by atoms with Crippen LogP contribution in [-0.2, 0) is 19.1 Å². The molecule has 4 heteroatoms. The van der Waals surface area contributed by atoms with Crippen LogP contribution in [0.1, 0.15) is 65.2 Å². The van der Waals surface area contributed by atoms with Crippen LogP contribution < -0.4 is 0 Å². The fourth-order valence-electron chi connectivity index (χ4n) is 2.96. The van der Waals surface area contributed by atoms with E-state index in [9.17, 15) is 9.59 Å². The second kappa shape index (κ2) is 9.80. The van der Waals surface area contributed by atoms with Crippen molar-refractivity contribution in [2.45, 2.75) is 65.2 Å². The highest BCUT2D eigenvalue weighted by atomic mass is 16.5. The zero-order valence-electron chi connectivity index (χ0n) is 13.7. The summed E-state index contributed by atoms with van der Waals surface area (Å²) >= 11 is 0. The summed E-state index contributed by atoms with van der Waals surface area (Å²) in [4.78, 5) is 23.9. The second-order valence-electron chi connectivity index (χ2n) is 6.43. The maximum atomic E-state index is 12.1. The third-order valence-electron chi connectivity index (χ3n) is 4.24. The Kier molecular flexibility index (Phi) is 8.40. The summed E-state index contributed by atoms with van der Waals surface area (Å²) in [7, 11) is 1.38. The molecule has 0 N–H and O–H groups in total. The number of hydrogen-bond acceptors (Lipinski definition) is 4. The monoisotopic (exact) mass is 298 g/mol. The first-order valence-corrected chi connectivity index (χ1v) is 8.30. The number of unbranched alkanes of at least 4 members (excludes halogenated alkanes) is 2. The van der Waals surface area contributed by atoms with Gasteiger partial charge in [0, 0.05) is 0 Å². The summed E-state index contributed by atoms with van der Waals surface area (Å²) < 4.78 is 10.2. The molecular weight excluding hydrogens is 268 g/mol. The molecule has 122 valence electrons. The Hall–Kier alpha value is -1.06. The molecule has 2 unspecified atom stereocenters. The van der Waals surface area contributed by atoms with E-state index in [1.54, 1.807) is 0 Å². The molecule has 4 nitrogen and oxygen atoms in total. The average molecular weight is 298 g/mol. The van der Waals surface area contributed by atoms with Crippen LogP contribution in [0.4, 0.5) is 0 Å². The molecule has 0 radical (unpaired) electrons. The van der Waals surface area contributed by atoms with E-state index in [2.05, 4.69) is 13.8 Å². The van der Waals surface area contributed by atoms with Crippen LogP contribution in [0, 0.1) is 17.8 Å². The number of carbonyl (C=O) groups is 2. The van der Waals surface area contributed by atoms with Crippen molar-refractivity contribution in [2.75, 3.05) is 13.7 Å². The van der Waals surface area contributed by atoms with E-state index in [1.165, 1.54) is 20.0 Å². The molecule has 0 aromatic heterocycles. The number of methoxy groups -OCH3 is 1. The first-order chi connectivity index (χ1) is 10.1. The van der Waals surface area contributed by atoms with Gasteiger partial charge in [0.25, 0.3) is 0 Å². The highest BCUT2D eigenvalue weighted by Gasteiger charge is 2.37. The molecule has 1 aliphatic carbocycles. The highest BCUT2D eigenvalue weighted by Crippen LogP contribution is 2.31. The number of esters is 2. The van der Waals surface area contributed by atoms with Gasteiger partial charge in [0.2, 0.25) is 0 Å². The summed E-state index contributed by atoms with van der Waals surface area (Å²) in [6.45, 7) is 4.91. The van der Waals surface area contributed by atoms with Gasteiger partial charge in [-0.15, -0.1) is 0 Å². The Morgan fingerprint density at radius 3 is 2.19 bits per heavy atom. The van der Waals surface area contributed by atoms with Gasteiger partial charge in [0.1, 0.15) is 0 Å². The highest BCUT2D eigenvalue weighted by molar-refractivity contribution is 5.82. The van der Waals surface area contributed by atoms with Crippen molar-refractivity contribution in [3.05, 3.63) is 0 Å². The van der Waals surface area contributed by atoms with E-state index in [4.69, 9.17) is 9.47 Å². The van der Waals surface area contributed by atoms with E-state index in [-0.39, 0.29) is 23.8 Å². The molecule has 1 rings (SSSR count). The molecule has 1 fully saturated rings. The summed E-state index contributed by atoms with van der Waals surface area (Å²) in [5.74, 6) is -0.364. The van der Waals surface area contributed by atoms with Gasteiger partial charge in [0.15, 0.2) is 0 Å². The lowest BCUT2D eigenvalue weighted by Crippen LogP contribution is -2.34. The Labute approximate surface area is 128 Å². The summed E-state index contributed by atoms with van der Waals surface area (Å²) in [5, 5.41) is 0. The minimum absolute atomic E-state index is 0.214. The van der Waals surface area contributed by atoms with Crippen molar-refractivity contribution >= 4 is 11.9 Å². The molecule has 0 heterocycles. The van der Waals surface area contributed by atoms with Gasteiger partial charge in [0.05, 0.1) is 25.6 Å². The van der Waals surface area contributed by atoms with Crippen molar-refractivity contribution < 1.29 is 19.1 Å². The number of ether oxygens (including phenoxy) is 2. The molecule has 0 aromatic rings. The fourth-order valence-corrected chi connectivity index (χ4v) is 2.96. The van der Waals surface area contributed by atoms with Crippen LogP contribution in [0.5, 0.6) is 0 Å². The van der Waals surface area contributed by atoms with Crippen molar-refractivity contribution in [1.29, 1.82) is 0 Å². The average Bonchev–Trinajstić information content (AvgIpc) is 2.49. The van der Waals surface area contributed by atoms with Gasteiger partial charge in [-0.3, -0.25) is 9.59 Å². The van der Waals surface area contributed by atoms with E-state index in [0.29, 0.717) is 6.61 Å². The van der Waals surface area contributed by atoms with Gasteiger partial charge in [-0.2, -0.15) is 0 Å². The standard InChI is InChI=1S/C17H30O4/c1-13(2)9-5-4-8-12-21-17(19)15-11-7-6-10-14(15)16(18)20-3/h13-15H,4-12H2,1-3H3. The lowest BCUT2D eigenvalue weighted by molar-refractivity contribution is -0.161. The Morgan fingerprint density at radius 1 is 1.00 bits per heavy atom. The predicted octanol–water partition coefficient (Wildman–Crippen LogP) is 3.73. The molecule has 0 bridgehead atoms. The SMILES string of the molecule is COC(=O)C1CCCCC1C(=O)OCCCCCC(C)C. The van der Waals surface area contributed by atoms with E-state index in [1.807, 2.05) is 0 Å². The molecule has 0 saturated heterocycles.